The molecule has 0 bridgehead atoms. The van der Waals surface area contributed by atoms with Gasteiger partial charge in [-0.3, -0.25) is 0 Å². The number of rotatable bonds is 5. The first kappa shape index (κ1) is 32.6. The van der Waals surface area contributed by atoms with E-state index < -0.39 is 0 Å². The van der Waals surface area contributed by atoms with E-state index in [9.17, 15) is 0 Å². The molecular formula is C52H39N3O. The fourth-order valence-electron chi connectivity index (χ4n) is 9.29. The maximum atomic E-state index is 6.60. The van der Waals surface area contributed by atoms with Crippen LogP contribution >= 0.6 is 0 Å². The van der Waals surface area contributed by atoms with Crippen LogP contribution in [0, 0.1) is 0 Å². The van der Waals surface area contributed by atoms with E-state index in [0.717, 1.165) is 62.1 Å². The Balaban J connectivity index is 1.14. The number of amidine groups is 1. The normalized spacial score (nSPS) is 15.0. The molecule has 56 heavy (non-hydrogen) atoms. The first-order chi connectivity index (χ1) is 27.5. The number of nitrogens with zero attached hydrogens (tertiary/aromatic N) is 3. The highest BCUT2D eigenvalue weighted by molar-refractivity contribution is 6.17. The summed E-state index contributed by atoms with van der Waals surface area (Å²) in [7, 11) is 0. The zero-order chi connectivity index (χ0) is 37.5. The monoisotopic (exact) mass is 721 g/mol. The average molecular weight is 722 g/mol. The van der Waals surface area contributed by atoms with Crippen LogP contribution in [0.15, 0.2) is 178 Å². The summed E-state index contributed by atoms with van der Waals surface area (Å²) in [6.45, 7) is 6.92. The Kier molecular flexibility index (Phi) is 7.21. The van der Waals surface area contributed by atoms with Gasteiger partial charge in [0.15, 0.2) is 5.84 Å². The largest absolute Gasteiger partial charge is 0.455 e. The standard InChI is InChI=1S/C52H39N3O/c1-4-32-29-45(33-16-6-5-7-17-33)53-51(54-49(32)40-24-15-23-39-38-22-10-13-27-48(38)56-50(39)40)34-18-14-19-35(28-34)55-46-26-12-9-21-37(46)42-30-44-41(31-47(42)55)36-20-8-11-25-43(36)52(44,2)3/h5-28,30-31H,4,29H2,1-3H3. The van der Waals surface area contributed by atoms with Crippen molar-refractivity contribution in [3.8, 4) is 16.8 Å². The average Bonchev–Trinajstić information content (AvgIpc) is 3.80. The van der Waals surface area contributed by atoms with Gasteiger partial charge < -0.3 is 8.98 Å². The highest BCUT2D eigenvalue weighted by Gasteiger charge is 2.36. The highest BCUT2D eigenvalue weighted by Crippen LogP contribution is 2.51. The van der Waals surface area contributed by atoms with Gasteiger partial charge in [-0.05, 0) is 82.3 Å². The minimum absolute atomic E-state index is 0.0788. The van der Waals surface area contributed by atoms with Crippen molar-refractivity contribution in [1.82, 2.24) is 4.57 Å². The van der Waals surface area contributed by atoms with Crippen LogP contribution in [-0.2, 0) is 5.41 Å². The molecular weight excluding hydrogens is 683 g/mol. The summed E-state index contributed by atoms with van der Waals surface area (Å²) < 4.78 is 9.02. The van der Waals surface area contributed by atoms with Gasteiger partial charge in [0.05, 0.1) is 22.4 Å². The van der Waals surface area contributed by atoms with Gasteiger partial charge in [-0.1, -0.05) is 136 Å². The zero-order valence-electron chi connectivity index (χ0n) is 31.7. The number of benzene rings is 7. The van der Waals surface area contributed by atoms with Crippen LogP contribution < -0.4 is 0 Å². The molecule has 0 N–H and O–H groups in total. The summed E-state index contributed by atoms with van der Waals surface area (Å²) in [5.41, 5.74) is 16.7. The van der Waals surface area contributed by atoms with E-state index >= 15 is 0 Å². The topological polar surface area (TPSA) is 42.8 Å². The summed E-state index contributed by atoms with van der Waals surface area (Å²) in [4.78, 5) is 11.0. The lowest BCUT2D eigenvalue weighted by Gasteiger charge is -2.21. The highest BCUT2D eigenvalue weighted by atomic mass is 16.3. The second-order valence-corrected chi connectivity index (χ2v) is 15.6. The van der Waals surface area contributed by atoms with E-state index in [0.29, 0.717) is 12.3 Å². The maximum Gasteiger partial charge on any atom is 0.160 e. The Morgan fingerprint density at radius 1 is 0.571 bits per heavy atom. The van der Waals surface area contributed by atoms with Crippen LogP contribution in [0.25, 0.3) is 66.3 Å². The van der Waals surface area contributed by atoms with Crippen LogP contribution in [-0.4, -0.2) is 16.1 Å². The molecule has 11 rings (SSSR count). The molecule has 0 atom stereocenters. The Hall–Kier alpha value is -6.78. The van der Waals surface area contributed by atoms with Crippen molar-refractivity contribution in [3.63, 3.8) is 0 Å². The Labute approximate surface area is 325 Å². The minimum atomic E-state index is -0.0788. The number of allylic oxidation sites excluding steroid dienone is 1. The predicted molar refractivity (Wildman–Crippen MR) is 233 cm³/mol. The second-order valence-electron chi connectivity index (χ2n) is 15.6. The number of aromatic nitrogens is 1. The third kappa shape index (κ3) is 4.85. The SMILES string of the molecule is CCC1=C(c2cccc3c2oc2ccccc23)N=C(c2cccc(-n3c4ccccc4c4cc5c(cc43)-c3ccccc3C5(C)C)c2)N=C(c2ccccc2)C1. The first-order valence-electron chi connectivity index (χ1n) is 19.6. The molecule has 4 nitrogen and oxygen atoms in total. The summed E-state index contributed by atoms with van der Waals surface area (Å²) in [5.74, 6) is 0.689. The molecule has 268 valence electrons. The Bertz CT molecular complexity index is 3170. The van der Waals surface area contributed by atoms with Crippen molar-refractivity contribution in [2.24, 2.45) is 9.98 Å². The molecule has 2 aliphatic rings. The molecule has 7 aromatic carbocycles. The lowest BCUT2D eigenvalue weighted by atomic mass is 9.82. The summed E-state index contributed by atoms with van der Waals surface area (Å²) >= 11 is 0. The molecule has 2 aromatic heterocycles. The van der Waals surface area contributed by atoms with E-state index in [2.05, 4.69) is 171 Å². The molecule has 0 amide bonds. The molecule has 0 spiro atoms. The smallest absolute Gasteiger partial charge is 0.160 e. The fraction of sp³-hybridized carbons (Fsp3) is 0.115. The number of para-hydroxylation sites is 3. The van der Waals surface area contributed by atoms with Crippen LogP contribution in [0.2, 0.25) is 0 Å². The lowest BCUT2D eigenvalue weighted by molar-refractivity contribution is 0.661. The molecule has 9 aromatic rings. The van der Waals surface area contributed by atoms with Gasteiger partial charge in [0.2, 0.25) is 0 Å². The number of aliphatic imine (C=N–C) groups is 2. The van der Waals surface area contributed by atoms with Gasteiger partial charge in [0.1, 0.15) is 11.2 Å². The molecule has 0 radical (unpaired) electrons. The van der Waals surface area contributed by atoms with E-state index in [1.807, 2.05) is 12.1 Å². The van der Waals surface area contributed by atoms with Gasteiger partial charge in [-0.2, -0.15) is 0 Å². The van der Waals surface area contributed by atoms with E-state index in [-0.39, 0.29) is 5.41 Å². The molecule has 3 heterocycles. The molecule has 0 fully saturated rings. The Morgan fingerprint density at radius 3 is 2.16 bits per heavy atom. The molecule has 0 saturated carbocycles. The molecule has 0 saturated heterocycles. The zero-order valence-corrected chi connectivity index (χ0v) is 31.7. The van der Waals surface area contributed by atoms with Crippen LogP contribution in [0.4, 0.5) is 0 Å². The van der Waals surface area contributed by atoms with Gasteiger partial charge in [-0.15, -0.1) is 0 Å². The summed E-state index contributed by atoms with van der Waals surface area (Å²) in [5, 5.41) is 4.71. The van der Waals surface area contributed by atoms with Crippen molar-refractivity contribution < 1.29 is 4.42 Å². The number of furan rings is 1. The molecule has 0 unspecified atom stereocenters. The van der Waals surface area contributed by atoms with Crippen LogP contribution in [0.5, 0.6) is 0 Å². The number of hydrogen-bond donors (Lipinski definition) is 0. The fourth-order valence-corrected chi connectivity index (χ4v) is 9.29. The van der Waals surface area contributed by atoms with Gasteiger partial charge in [-0.25, -0.2) is 9.98 Å². The Morgan fingerprint density at radius 2 is 1.29 bits per heavy atom. The van der Waals surface area contributed by atoms with Gasteiger partial charge >= 0.3 is 0 Å². The van der Waals surface area contributed by atoms with E-state index in [4.69, 9.17) is 14.4 Å². The van der Waals surface area contributed by atoms with Crippen molar-refractivity contribution in [3.05, 3.63) is 191 Å². The molecule has 4 heteroatoms. The summed E-state index contributed by atoms with van der Waals surface area (Å²) in [6, 6.07) is 56.5. The third-order valence-corrected chi connectivity index (χ3v) is 12.1. The maximum absolute atomic E-state index is 6.60. The van der Waals surface area contributed by atoms with Crippen LogP contribution in [0.3, 0.4) is 0 Å². The number of fused-ring (bicyclic) bond motifs is 9. The van der Waals surface area contributed by atoms with E-state index in [1.54, 1.807) is 0 Å². The first-order valence-corrected chi connectivity index (χ1v) is 19.6. The van der Waals surface area contributed by atoms with Crippen molar-refractivity contribution >= 4 is 61.0 Å². The molecule has 1 aliphatic heterocycles. The quantitative estimate of drug-likeness (QED) is 0.174. The predicted octanol–water partition coefficient (Wildman–Crippen LogP) is 13.5. The van der Waals surface area contributed by atoms with Gasteiger partial charge in [0.25, 0.3) is 0 Å². The van der Waals surface area contributed by atoms with E-state index in [1.165, 1.54) is 49.6 Å². The minimum Gasteiger partial charge on any atom is -0.455 e. The third-order valence-electron chi connectivity index (χ3n) is 12.1. The van der Waals surface area contributed by atoms with Gasteiger partial charge in [0, 0.05) is 50.2 Å². The van der Waals surface area contributed by atoms with Crippen molar-refractivity contribution in [2.45, 2.75) is 39.0 Å². The van der Waals surface area contributed by atoms with Crippen LogP contribution in [0.1, 0.15) is 61.4 Å². The van der Waals surface area contributed by atoms with Crippen molar-refractivity contribution in [2.75, 3.05) is 0 Å². The van der Waals surface area contributed by atoms with Crippen molar-refractivity contribution in [1.29, 1.82) is 0 Å². The number of hydrogen-bond acceptors (Lipinski definition) is 3. The lowest BCUT2D eigenvalue weighted by Crippen LogP contribution is -2.14. The summed E-state index contributed by atoms with van der Waals surface area (Å²) in [6.07, 6.45) is 1.52. The second kappa shape index (κ2) is 12.4. The molecule has 1 aliphatic carbocycles.